The van der Waals surface area contributed by atoms with Crippen molar-refractivity contribution in [2.24, 2.45) is 0 Å². The maximum atomic E-state index is 2.28. The Balaban J connectivity index is 2.69. The Morgan fingerprint density at radius 1 is 0.688 bits per heavy atom. The standard InChI is InChI=1S/C16H18/c1-11-9-13(3)14(4)16(10-11)15-8-6-5-7-12(15)2/h5-10H,1-4H3. The van der Waals surface area contributed by atoms with E-state index >= 15 is 0 Å². The summed E-state index contributed by atoms with van der Waals surface area (Å²) in [6.07, 6.45) is 0. The first-order chi connectivity index (χ1) is 7.59. The minimum Gasteiger partial charge on any atom is -0.0620 e. The Hall–Kier alpha value is -1.56. The molecule has 16 heavy (non-hydrogen) atoms. The molecule has 0 atom stereocenters. The van der Waals surface area contributed by atoms with E-state index in [9.17, 15) is 0 Å². The summed E-state index contributed by atoms with van der Waals surface area (Å²) in [5.41, 5.74) is 8.16. The predicted molar refractivity (Wildman–Crippen MR) is 70.8 cm³/mol. The van der Waals surface area contributed by atoms with Crippen LogP contribution in [0.15, 0.2) is 36.4 Å². The molecule has 0 amide bonds. The van der Waals surface area contributed by atoms with Crippen LogP contribution in [0.25, 0.3) is 11.1 Å². The molecule has 2 aromatic rings. The first-order valence-corrected chi connectivity index (χ1v) is 5.73. The molecule has 0 bridgehead atoms. The van der Waals surface area contributed by atoms with Crippen molar-refractivity contribution in [2.45, 2.75) is 27.7 Å². The highest BCUT2D eigenvalue weighted by Gasteiger charge is 2.06. The lowest BCUT2D eigenvalue weighted by molar-refractivity contribution is 1.29. The molecule has 0 N–H and O–H groups in total. The Morgan fingerprint density at radius 3 is 2.06 bits per heavy atom. The molecule has 0 aliphatic rings. The second-order valence-electron chi connectivity index (χ2n) is 4.57. The molecule has 0 spiro atoms. The van der Waals surface area contributed by atoms with Gasteiger partial charge in [0.05, 0.1) is 0 Å². The summed E-state index contributed by atoms with van der Waals surface area (Å²) in [6.45, 7) is 8.72. The molecule has 0 unspecified atom stereocenters. The van der Waals surface area contributed by atoms with Crippen LogP contribution < -0.4 is 0 Å². The highest BCUT2D eigenvalue weighted by atomic mass is 14.1. The monoisotopic (exact) mass is 210 g/mol. The summed E-state index contributed by atoms with van der Waals surface area (Å²) in [5.74, 6) is 0. The molecule has 0 heterocycles. The highest BCUT2D eigenvalue weighted by Crippen LogP contribution is 2.29. The van der Waals surface area contributed by atoms with E-state index in [-0.39, 0.29) is 0 Å². The fourth-order valence-corrected chi connectivity index (χ4v) is 2.19. The summed E-state index contributed by atoms with van der Waals surface area (Å²) < 4.78 is 0. The third-order valence-electron chi connectivity index (χ3n) is 3.25. The Labute approximate surface area is 97.9 Å². The molecule has 0 saturated carbocycles. The van der Waals surface area contributed by atoms with Crippen molar-refractivity contribution < 1.29 is 0 Å². The number of benzene rings is 2. The van der Waals surface area contributed by atoms with Crippen LogP contribution >= 0.6 is 0 Å². The molecular formula is C16H18. The van der Waals surface area contributed by atoms with Crippen LogP contribution in [0.4, 0.5) is 0 Å². The predicted octanol–water partition coefficient (Wildman–Crippen LogP) is 4.59. The van der Waals surface area contributed by atoms with Crippen molar-refractivity contribution in [3.05, 3.63) is 58.7 Å². The number of rotatable bonds is 1. The van der Waals surface area contributed by atoms with Crippen LogP contribution in [0, 0.1) is 27.7 Å². The van der Waals surface area contributed by atoms with Crippen LogP contribution in [-0.4, -0.2) is 0 Å². The number of hydrogen-bond donors (Lipinski definition) is 0. The van der Waals surface area contributed by atoms with Gasteiger partial charge < -0.3 is 0 Å². The zero-order valence-corrected chi connectivity index (χ0v) is 10.5. The van der Waals surface area contributed by atoms with Crippen LogP contribution in [0.5, 0.6) is 0 Å². The maximum Gasteiger partial charge on any atom is -0.0147 e. The van der Waals surface area contributed by atoms with Gasteiger partial charge in [0.25, 0.3) is 0 Å². The third kappa shape index (κ3) is 1.88. The second kappa shape index (κ2) is 4.13. The SMILES string of the molecule is Cc1cc(C)c(C)c(-c2ccccc2C)c1. The Morgan fingerprint density at radius 2 is 1.38 bits per heavy atom. The van der Waals surface area contributed by atoms with Crippen molar-refractivity contribution in [1.29, 1.82) is 0 Å². The van der Waals surface area contributed by atoms with Crippen molar-refractivity contribution >= 4 is 0 Å². The van der Waals surface area contributed by atoms with Gasteiger partial charge in [-0.15, -0.1) is 0 Å². The quantitative estimate of drug-likeness (QED) is 0.646. The largest absolute Gasteiger partial charge is 0.0620 e. The van der Waals surface area contributed by atoms with E-state index in [4.69, 9.17) is 0 Å². The van der Waals surface area contributed by atoms with Crippen LogP contribution in [0.2, 0.25) is 0 Å². The Bertz CT molecular complexity index is 522. The molecule has 2 aromatic carbocycles. The van der Waals surface area contributed by atoms with Gasteiger partial charge in [-0.05, 0) is 55.5 Å². The topological polar surface area (TPSA) is 0 Å². The summed E-state index contributed by atoms with van der Waals surface area (Å²) in [6, 6.07) is 13.1. The van der Waals surface area contributed by atoms with Crippen molar-refractivity contribution in [1.82, 2.24) is 0 Å². The van der Waals surface area contributed by atoms with Gasteiger partial charge >= 0.3 is 0 Å². The van der Waals surface area contributed by atoms with Crippen LogP contribution in [-0.2, 0) is 0 Å². The molecule has 0 aromatic heterocycles. The van der Waals surface area contributed by atoms with E-state index in [0.29, 0.717) is 0 Å². The summed E-state index contributed by atoms with van der Waals surface area (Å²) >= 11 is 0. The number of hydrogen-bond acceptors (Lipinski definition) is 0. The van der Waals surface area contributed by atoms with E-state index in [1.54, 1.807) is 0 Å². The zero-order valence-electron chi connectivity index (χ0n) is 10.5. The summed E-state index contributed by atoms with van der Waals surface area (Å²) in [4.78, 5) is 0. The molecule has 0 saturated heterocycles. The fourth-order valence-electron chi connectivity index (χ4n) is 2.19. The van der Waals surface area contributed by atoms with Gasteiger partial charge in [-0.1, -0.05) is 42.0 Å². The average molecular weight is 210 g/mol. The first-order valence-electron chi connectivity index (χ1n) is 5.73. The molecule has 0 heteroatoms. The van der Waals surface area contributed by atoms with Crippen LogP contribution in [0.1, 0.15) is 22.3 Å². The van der Waals surface area contributed by atoms with Gasteiger partial charge in [0.15, 0.2) is 0 Å². The van der Waals surface area contributed by atoms with Crippen molar-refractivity contribution in [3.63, 3.8) is 0 Å². The molecule has 0 aliphatic heterocycles. The van der Waals surface area contributed by atoms with Crippen molar-refractivity contribution in [2.75, 3.05) is 0 Å². The molecular weight excluding hydrogens is 192 g/mol. The fraction of sp³-hybridized carbons (Fsp3) is 0.250. The van der Waals surface area contributed by atoms with E-state index in [2.05, 4.69) is 64.1 Å². The maximum absolute atomic E-state index is 2.28. The lowest BCUT2D eigenvalue weighted by Crippen LogP contribution is -1.91. The molecule has 0 radical (unpaired) electrons. The van der Waals surface area contributed by atoms with Crippen molar-refractivity contribution in [3.8, 4) is 11.1 Å². The molecule has 2 rings (SSSR count). The van der Waals surface area contributed by atoms with Gasteiger partial charge in [0.2, 0.25) is 0 Å². The summed E-state index contributed by atoms with van der Waals surface area (Å²) in [7, 11) is 0. The van der Waals surface area contributed by atoms with E-state index in [1.807, 2.05) is 0 Å². The molecule has 0 aliphatic carbocycles. The van der Waals surface area contributed by atoms with E-state index in [0.717, 1.165) is 0 Å². The minimum atomic E-state index is 1.33. The van der Waals surface area contributed by atoms with Gasteiger partial charge in [-0.2, -0.15) is 0 Å². The molecule has 0 nitrogen and oxygen atoms in total. The lowest BCUT2D eigenvalue weighted by Gasteiger charge is -2.12. The second-order valence-corrected chi connectivity index (χ2v) is 4.57. The van der Waals surface area contributed by atoms with Crippen LogP contribution in [0.3, 0.4) is 0 Å². The smallest absolute Gasteiger partial charge is 0.0147 e. The Kier molecular flexibility index (Phi) is 2.82. The molecule has 82 valence electrons. The third-order valence-corrected chi connectivity index (χ3v) is 3.25. The lowest BCUT2D eigenvalue weighted by atomic mass is 9.92. The zero-order chi connectivity index (χ0) is 11.7. The minimum absolute atomic E-state index is 1.33. The van der Waals surface area contributed by atoms with Gasteiger partial charge in [0, 0.05) is 0 Å². The van der Waals surface area contributed by atoms with E-state index in [1.165, 1.54) is 33.4 Å². The van der Waals surface area contributed by atoms with E-state index < -0.39 is 0 Å². The van der Waals surface area contributed by atoms with Gasteiger partial charge in [0.1, 0.15) is 0 Å². The highest BCUT2D eigenvalue weighted by molar-refractivity contribution is 5.72. The van der Waals surface area contributed by atoms with Gasteiger partial charge in [-0.25, -0.2) is 0 Å². The van der Waals surface area contributed by atoms with Gasteiger partial charge in [-0.3, -0.25) is 0 Å². The average Bonchev–Trinajstić information content (AvgIpc) is 2.24. The number of aryl methyl sites for hydroxylation is 3. The molecule has 0 fully saturated rings. The summed E-state index contributed by atoms with van der Waals surface area (Å²) in [5, 5.41) is 0. The first kappa shape index (κ1) is 10.9. The normalized spacial score (nSPS) is 10.5.